The quantitative estimate of drug-likeness (QED) is 0.850. The first kappa shape index (κ1) is 11.7. The van der Waals surface area contributed by atoms with Gasteiger partial charge in [-0.15, -0.1) is 11.3 Å². The summed E-state index contributed by atoms with van der Waals surface area (Å²) in [6.45, 7) is 2.11. The van der Waals surface area contributed by atoms with E-state index < -0.39 is 5.97 Å². The Morgan fingerprint density at radius 2 is 2.20 bits per heavy atom. The summed E-state index contributed by atoms with van der Waals surface area (Å²) < 4.78 is 0. The number of carboxylic acid groups (broad SMARTS) is 1. The van der Waals surface area contributed by atoms with Crippen LogP contribution in [-0.4, -0.2) is 35.5 Å². The number of carbonyl (C=O) groups is 2. The average molecular weight is 227 g/mol. The van der Waals surface area contributed by atoms with Crippen LogP contribution in [0.2, 0.25) is 0 Å². The van der Waals surface area contributed by atoms with Crippen molar-refractivity contribution in [2.45, 2.75) is 13.3 Å². The second-order valence-corrected chi connectivity index (χ2v) is 4.22. The number of hydrogen-bond acceptors (Lipinski definition) is 3. The normalized spacial score (nSPS) is 10.0. The number of thiophene rings is 1. The van der Waals surface area contributed by atoms with Crippen LogP contribution >= 0.6 is 11.3 Å². The molecule has 4 nitrogen and oxygen atoms in total. The molecule has 0 bridgehead atoms. The summed E-state index contributed by atoms with van der Waals surface area (Å²) in [5, 5.41) is 10.3. The summed E-state index contributed by atoms with van der Waals surface area (Å²) in [6, 6.07) is 1.88. The van der Waals surface area contributed by atoms with Crippen LogP contribution < -0.4 is 0 Å². The molecular formula is C10H13NO3S. The van der Waals surface area contributed by atoms with Crippen LogP contribution in [0.5, 0.6) is 0 Å². The van der Waals surface area contributed by atoms with Gasteiger partial charge in [0, 0.05) is 13.6 Å². The molecule has 0 aliphatic carbocycles. The molecule has 15 heavy (non-hydrogen) atoms. The zero-order chi connectivity index (χ0) is 11.4. The predicted octanol–water partition coefficient (Wildman–Crippen LogP) is 1.60. The number of carbonyl (C=O) groups excluding carboxylic acids is 1. The molecule has 0 unspecified atom stereocenters. The highest BCUT2D eigenvalue weighted by Gasteiger charge is 2.15. The lowest BCUT2D eigenvalue weighted by atomic mass is 10.2. The lowest BCUT2D eigenvalue weighted by Crippen LogP contribution is -2.28. The van der Waals surface area contributed by atoms with Gasteiger partial charge >= 0.3 is 5.97 Å². The number of nitrogens with zero attached hydrogens (tertiary/aromatic N) is 1. The number of amides is 1. The third-order valence-corrected chi connectivity index (χ3v) is 3.07. The Kier molecular flexibility index (Phi) is 3.85. The smallest absolute Gasteiger partial charge is 0.305 e. The van der Waals surface area contributed by atoms with E-state index in [4.69, 9.17) is 5.11 Å². The maximum atomic E-state index is 11.8. The summed E-state index contributed by atoms with van der Waals surface area (Å²) in [6.07, 6.45) is -0.0212. The van der Waals surface area contributed by atoms with Gasteiger partial charge in [-0.2, -0.15) is 0 Å². The molecule has 1 aromatic rings. The first-order valence-electron chi connectivity index (χ1n) is 4.53. The molecule has 0 saturated carbocycles. The number of aliphatic carboxylic acids is 1. The molecule has 1 heterocycles. The molecular weight excluding hydrogens is 214 g/mol. The molecule has 0 saturated heterocycles. The Hall–Kier alpha value is -1.36. The Balaban J connectivity index is 2.61. The number of rotatable bonds is 4. The van der Waals surface area contributed by atoms with E-state index in [2.05, 4.69) is 0 Å². The first-order valence-corrected chi connectivity index (χ1v) is 5.41. The second kappa shape index (κ2) is 4.93. The topological polar surface area (TPSA) is 57.6 Å². The van der Waals surface area contributed by atoms with Crippen molar-refractivity contribution in [3.63, 3.8) is 0 Å². The highest BCUT2D eigenvalue weighted by atomic mass is 32.1. The van der Waals surface area contributed by atoms with E-state index in [1.54, 1.807) is 7.05 Å². The minimum absolute atomic E-state index is 0.0212. The summed E-state index contributed by atoms with van der Waals surface area (Å²) in [4.78, 5) is 24.2. The van der Waals surface area contributed by atoms with E-state index in [0.29, 0.717) is 4.88 Å². The van der Waals surface area contributed by atoms with Crippen molar-refractivity contribution in [3.8, 4) is 0 Å². The molecule has 0 atom stereocenters. The monoisotopic (exact) mass is 227 g/mol. The Morgan fingerprint density at radius 1 is 1.53 bits per heavy atom. The fourth-order valence-electron chi connectivity index (χ4n) is 1.13. The van der Waals surface area contributed by atoms with E-state index in [0.717, 1.165) is 5.56 Å². The van der Waals surface area contributed by atoms with Gasteiger partial charge in [0.05, 0.1) is 11.3 Å². The lowest BCUT2D eigenvalue weighted by Gasteiger charge is -2.15. The van der Waals surface area contributed by atoms with Crippen LogP contribution in [0.25, 0.3) is 0 Å². The summed E-state index contributed by atoms with van der Waals surface area (Å²) in [5.74, 6) is -0.999. The van der Waals surface area contributed by atoms with E-state index >= 15 is 0 Å². The third-order valence-electron chi connectivity index (χ3n) is 2.06. The summed E-state index contributed by atoms with van der Waals surface area (Å²) >= 11 is 1.38. The van der Waals surface area contributed by atoms with Gasteiger partial charge in [-0.05, 0) is 23.9 Å². The summed E-state index contributed by atoms with van der Waals surface area (Å²) in [7, 11) is 1.62. The second-order valence-electron chi connectivity index (χ2n) is 3.30. The molecule has 0 aromatic carbocycles. The van der Waals surface area contributed by atoms with Crippen molar-refractivity contribution in [1.82, 2.24) is 4.90 Å². The van der Waals surface area contributed by atoms with Crippen molar-refractivity contribution in [1.29, 1.82) is 0 Å². The van der Waals surface area contributed by atoms with Crippen LogP contribution in [0.4, 0.5) is 0 Å². The molecule has 82 valence electrons. The number of aryl methyl sites for hydroxylation is 1. The maximum Gasteiger partial charge on any atom is 0.305 e. The molecule has 1 N–H and O–H groups in total. The van der Waals surface area contributed by atoms with E-state index in [1.807, 2.05) is 18.4 Å². The molecule has 5 heteroatoms. The van der Waals surface area contributed by atoms with Gasteiger partial charge in [-0.1, -0.05) is 0 Å². The average Bonchev–Trinajstić information content (AvgIpc) is 2.59. The molecule has 1 amide bonds. The molecule has 0 aliphatic rings. The van der Waals surface area contributed by atoms with Gasteiger partial charge in [-0.25, -0.2) is 0 Å². The van der Waals surface area contributed by atoms with E-state index in [-0.39, 0.29) is 18.9 Å². The Bertz CT molecular complexity index is 372. The Morgan fingerprint density at radius 3 is 2.67 bits per heavy atom. The van der Waals surface area contributed by atoms with Crippen LogP contribution in [0.1, 0.15) is 21.7 Å². The van der Waals surface area contributed by atoms with Crippen LogP contribution in [0, 0.1) is 6.92 Å². The first-order chi connectivity index (χ1) is 7.02. The van der Waals surface area contributed by atoms with Crippen molar-refractivity contribution < 1.29 is 14.7 Å². The molecule has 0 spiro atoms. The summed E-state index contributed by atoms with van der Waals surface area (Å²) in [5.41, 5.74) is 0.937. The van der Waals surface area contributed by atoms with E-state index in [9.17, 15) is 9.59 Å². The molecule has 0 radical (unpaired) electrons. The van der Waals surface area contributed by atoms with Gasteiger partial charge in [0.25, 0.3) is 5.91 Å². The van der Waals surface area contributed by atoms with Crippen LogP contribution in [0.15, 0.2) is 11.4 Å². The third kappa shape index (κ3) is 3.06. The maximum absolute atomic E-state index is 11.8. The molecule has 0 fully saturated rings. The minimum Gasteiger partial charge on any atom is -0.481 e. The number of hydrogen-bond donors (Lipinski definition) is 1. The fraction of sp³-hybridized carbons (Fsp3) is 0.400. The van der Waals surface area contributed by atoms with Gasteiger partial charge in [0.15, 0.2) is 0 Å². The SMILES string of the molecule is Cc1ccsc1C(=O)N(C)CCC(=O)O. The van der Waals surface area contributed by atoms with E-state index in [1.165, 1.54) is 16.2 Å². The van der Waals surface area contributed by atoms with Gasteiger partial charge in [0.1, 0.15) is 0 Å². The van der Waals surface area contributed by atoms with Crippen molar-refractivity contribution in [2.24, 2.45) is 0 Å². The molecule has 1 aromatic heterocycles. The predicted molar refractivity (Wildman–Crippen MR) is 58.3 cm³/mol. The molecule has 0 aliphatic heterocycles. The molecule has 1 rings (SSSR count). The number of carboxylic acids is 1. The van der Waals surface area contributed by atoms with Crippen LogP contribution in [0.3, 0.4) is 0 Å². The fourth-order valence-corrected chi connectivity index (χ4v) is 2.05. The van der Waals surface area contributed by atoms with Gasteiger partial charge in [-0.3, -0.25) is 9.59 Å². The largest absolute Gasteiger partial charge is 0.481 e. The zero-order valence-corrected chi connectivity index (χ0v) is 9.50. The van der Waals surface area contributed by atoms with Gasteiger partial charge < -0.3 is 10.0 Å². The van der Waals surface area contributed by atoms with Crippen LogP contribution in [-0.2, 0) is 4.79 Å². The minimum atomic E-state index is -0.891. The zero-order valence-electron chi connectivity index (χ0n) is 8.69. The lowest BCUT2D eigenvalue weighted by molar-refractivity contribution is -0.137. The van der Waals surface area contributed by atoms with Crippen molar-refractivity contribution >= 4 is 23.2 Å². The highest BCUT2D eigenvalue weighted by molar-refractivity contribution is 7.12. The van der Waals surface area contributed by atoms with Crippen molar-refractivity contribution in [3.05, 3.63) is 21.9 Å². The highest BCUT2D eigenvalue weighted by Crippen LogP contribution is 2.17. The van der Waals surface area contributed by atoms with Crippen molar-refractivity contribution in [2.75, 3.05) is 13.6 Å². The Labute approximate surface area is 92.1 Å². The van der Waals surface area contributed by atoms with Gasteiger partial charge in [0.2, 0.25) is 0 Å². The standard InChI is InChI=1S/C10H13NO3S/c1-7-4-6-15-9(7)10(14)11(2)5-3-8(12)13/h4,6H,3,5H2,1-2H3,(H,12,13).